The van der Waals surface area contributed by atoms with Crippen LogP contribution in [0, 0.1) is 5.92 Å². The van der Waals surface area contributed by atoms with E-state index in [0.717, 1.165) is 18.8 Å². The second kappa shape index (κ2) is 6.40. The number of nitrogens with two attached hydrogens (primary N) is 1. The van der Waals surface area contributed by atoms with Crippen molar-refractivity contribution >= 4 is 0 Å². The summed E-state index contributed by atoms with van der Waals surface area (Å²) < 4.78 is 1.82. The normalized spacial score (nSPS) is 12.8. The molecular weight excluding hydrogens is 240 g/mol. The third-order valence-corrected chi connectivity index (χ3v) is 3.14. The van der Waals surface area contributed by atoms with Gasteiger partial charge in [-0.15, -0.1) is 5.10 Å². The molecule has 1 unspecified atom stereocenters. The number of benzene rings is 1. The van der Waals surface area contributed by atoms with E-state index in [1.807, 2.05) is 22.9 Å². The van der Waals surface area contributed by atoms with Gasteiger partial charge < -0.3 is 0 Å². The van der Waals surface area contributed by atoms with Gasteiger partial charge in [0.25, 0.3) is 0 Å². The quantitative estimate of drug-likeness (QED) is 0.600. The van der Waals surface area contributed by atoms with Crippen LogP contribution in [0.15, 0.2) is 30.3 Å². The van der Waals surface area contributed by atoms with Gasteiger partial charge in [0.1, 0.15) is 0 Å². The van der Waals surface area contributed by atoms with E-state index >= 15 is 0 Å². The van der Waals surface area contributed by atoms with Crippen molar-refractivity contribution in [1.82, 2.24) is 25.6 Å². The molecule has 1 aromatic carbocycles. The van der Waals surface area contributed by atoms with Crippen LogP contribution in [0.3, 0.4) is 0 Å². The fourth-order valence-corrected chi connectivity index (χ4v) is 2.04. The van der Waals surface area contributed by atoms with E-state index in [9.17, 15) is 0 Å². The molecule has 3 N–H and O–H groups in total. The van der Waals surface area contributed by atoms with Crippen molar-refractivity contribution in [3.05, 3.63) is 41.7 Å². The molecule has 0 aliphatic heterocycles. The summed E-state index contributed by atoms with van der Waals surface area (Å²) in [5.41, 5.74) is 4.05. The van der Waals surface area contributed by atoms with Gasteiger partial charge in [0, 0.05) is 6.54 Å². The van der Waals surface area contributed by atoms with E-state index in [0.29, 0.717) is 5.92 Å². The number of nitrogens with one attached hydrogen (secondary N) is 1. The molecule has 0 amide bonds. The molecule has 6 heteroatoms. The first kappa shape index (κ1) is 13.6. The first-order valence-electron chi connectivity index (χ1n) is 6.48. The van der Waals surface area contributed by atoms with Gasteiger partial charge in [-0.1, -0.05) is 44.2 Å². The van der Waals surface area contributed by atoms with Crippen molar-refractivity contribution in [2.45, 2.75) is 32.9 Å². The molecule has 6 nitrogen and oxygen atoms in total. The zero-order valence-electron chi connectivity index (χ0n) is 11.3. The highest BCUT2D eigenvalue weighted by Crippen LogP contribution is 2.17. The lowest BCUT2D eigenvalue weighted by atomic mass is 10.0. The van der Waals surface area contributed by atoms with Crippen molar-refractivity contribution < 1.29 is 0 Å². The summed E-state index contributed by atoms with van der Waals surface area (Å²) in [6, 6.07) is 10.3. The summed E-state index contributed by atoms with van der Waals surface area (Å²) in [6.45, 7) is 4.92. The summed E-state index contributed by atoms with van der Waals surface area (Å²) in [4.78, 5) is 0. The van der Waals surface area contributed by atoms with E-state index in [4.69, 9.17) is 5.84 Å². The summed E-state index contributed by atoms with van der Waals surface area (Å²) in [5, 5.41) is 11.9. The Balaban J connectivity index is 2.07. The maximum atomic E-state index is 5.58. The Hall–Kier alpha value is -1.79. The number of nitrogens with zero attached hydrogens (tertiary/aromatic N) is 4. The average Bonchev–Trinajstić information content (AvgIpc) is 2.86. The van der Waals surface area contributed by atoms with Crippen LogP contribution in [-0.2, 0) is 13.0 Å². The SMILES string of the molecule is CC(C)C(NN)c1nnnn1CCc1ccccc1. The molecule has 0 fully saturated rings. The van der Waals surface area contributed by atoms with Gasteiger partial charge in [-0.2, -0.15) is 0 Å². The van der Waals surface area contributed by atoms with Gasteiger partial charge in [-0.25, -0.2) is 10.1 Å². The molecule has 2 rings (SSSR count). The number of hydrogen-bond donors (Lipinski definition) is 2. The first-order chi connectivity index (χ1) is 9.22. The summed E-state index contributed by atoms with van der Waals surface area (Å²) in [7, 11) is 0. The highest BCUT2D eigenvalue weighted by atomic mass is 15.5. The lowest BCUT2D eigenvalue weighted by Crippen LogP contribution is -2.34. The van der Waals surface area contributed by atoms with Crippen LogP contribution in [0.4, 0.5) is 0 Å². The van der Waals surface area contributed by atoms with E-state index in [1.54, 1.807) is 0 Å². The molecular formula is C13H20N6. The Morgan fingerprint density at radius 2 is 2.00 bits per heavy atom. The zero-order chi connectivity index (χ0) is 13.7. The molecule has 1 atom stereocenters. The molecule has 2 aromatic rings. The van der Waals surface area contributed by atoms with Gasteiger partial charge in [-0.3, -0.25) is 5.84 Å². The number of hydrazine groups is 1. The van der Waals surface area contributed by atoms with Crippen molar-refractivity contribution in [3.63, 3.8) is 0 Å². The largest absolute Gasteiger partial charge is 0.271 e. The lowest BCUT2D eigenvalue weighted by Gasteiger charge is -2.18. The second-order valence-electron chi connectivity index (χ2n) is 4.88. The predicted molar refractivity (Wildman–Crippen MR) is 72.9 cm³/mol. The predicted octanol–water partition coefficient (Wildman–Crippen LogP) is 1.08. The monoisotopic (exact) mass is 260 g/mol. The Morgan fingerprint density at radius 3 is 2.63 bits per heavy atom. The highest BCUT2D eigenvalue weighted by Gasteiger charge is 2.20. The van der Waals surface area contributed by atoms with Crippen LogP contribution < -0.4 is 11.3 Å². The average molecular weight is 260 g/mol. The molecule has 0 saturated carbocycles. The number of aryl methyl sites for hydroxylation is 2. The minimum Gasteiger partial charge on any atom is -0.271 e. The number of hydrogen-bond acceptors (Lipinski definition) is 5. The lowest BCUT2D eigenvalue weighted by molar-refractivity contribution is 0.379. The van der Waals surface area contributed by atoms with Crippen molar-refractivity contribution in [3.8, 4) is 0 Å². The number of aromatic nitrogens is 4. The molecule has 0 bridgehead atoms. The fraction of sp³-hybridized carbons (Fsp3) is 0.462. The molecule has 0 aliphatic carbocycles. The molecule has 0 spiro atoms. The van der Waals surface area contributed by atoms with Crippen molar-refractivity contribution in [1.29, 1.82) is 0 Å². The van der Waals surface area contributed by atoms with Gasteiger partial charge >= 0.3 is 0 Å². The van der Waals surface area contributed by atoms with Crippen LogP contribution in [0.5, 0.6) is 0 Å². The summed E-state index contributed by atoms with van der Waals surface area (Å²) in [5.74, 6) is 6.69. The topological polar surface area (TPSA) is 81.7 Å². The standard InChI is InChI=1S/C13H20N6/c1-10(2)12(15-14)13-16-17-18-19(13)9-8-11-6-4-3-5-7-11/h3-7,10,12,15H,8-9,14H2,1-2H3. The van der Waals surface area contributed by atoms with E-state index in [1.165, 1.54) is 5.56 Å². The van der Waals surface area contributed by atoms with Crippen molar-refractivity contribution in [2.75, 3.05) is 0 Å². The maximum absolute atomic E-state index is 5.58. The molecule has 19 heavy (non-hydrogen) atoms. The van der Waals surface area contributed by atoms with E-state index in [2.05, 4.69) is 46.9 Å². The Bertz CT molecular complexity index is 493. The molecule has 102 valence electrons. The van der Waals surface area contributed by atoms with Crippen LogP contribution in [0.25, 0.3) is 0 Å². The second-order valence-corrected chi connectivity index (χ2v) is 4.88. The number of rotatable bonds is 6. The highest BCUT2D eigenvalue weighted by molar-refractivity contribution is 5.14. The van der Waals surface area contributed by atoms with Crippen LogP contribution in [-0.4, -0.2) is 20.2 Å². The van der Waals surface area contributed by atoms with Crippen LogP contribution >= 0.6 is 0 Å². The summed E-state index contributed by atoms with van der Waals surface area (Å²) in [6.07, 6.45) is 0.897. The van der Waals surface area contributed by atoms with Gasteiger partial charge in [0.15, 0.2) is 5.82 Å². The minimum absolute atomic E-state index is 0.0363. The van der Waals surface area contributed by atoms with Crippen LogP contribution in [0.1, 0.15) is 31.3 Å². The molecule has 1 aromatic heterocycles. The van der Waals surface area contributed by atoms with E-state index < -0.39 is 0 Å². The smallest absolute Gasteiger partial charge is 0.169 e. The van der Waals surface area contributed by atoms with Gasteiger partial charge in [-0.05, 0) is 28.3 Å². The first-order valence-corrected chi connectivity index (χ1v) is 6.48. The van der Waals surface area contributed by atoms with Crippen LogP contribution in [0.2, 0.25) is 0 Å². The Morgan fingerprint density at radius 1 is 1.26 bits per heavy atom. The zero-order valence-corrected chi connectivity index (χ0v) is 11.3. The third-order valence-electron chi connectivity index (χ3n) is 3.14. The summed E-state index contributed by atoms with van der Waals surface area (Å²) >= 11 is 0. The Labute approximate surface area is 113 Å². The molecule has 0 aliphatic rings. The maximum Gasteiger partial charge on any atom is 0.169 e. The van der Waals surface area contributed by atoms with E-state index in [-0.39, 0.29) is 6.04 Å². The number of tetrazole rings is 1. The fourth-order valence-electron chi connectivity index (χ4n) is 2.04. The Kier molecular flexibility index (Phi) is 4.59. The molecule has 0 saturated heterocycles. The van der Waals surface area contributed by atoms with Gasteiger partial charge in [0.2, 0.25) is 0 Å². The minimum atomic E-state index is -0.0363. The third kappa shape index (κ3) is 3.36. The molecule has 0 radical (unpaired) electrons. The van der Waals surface area contributed by atoms with Crippen molar-refractivity contribution in [2.24, 2.45) is 11.8 Å². The van der Waals surface area contributed by atoms with Gasteiger partial charge in [0.05, 0.1) is 6.04 Å². The molecule has 1 heterocycles.